The summed E-state index contributed by atoms with van der Waals surface area (Å²) in [6.45, 7) is 0.909. The van der Waals surface area contributed by atoms with Crippen LogP contribution < -0.4 is 5.32 Å². The van der Waals surface area contributed by atoms with Gasteiger partial charge in [-0.15, -0.1) is 6.42 Å². The van der Waals surface area contributed by atoms with E-state index in [9.17, 15) is 9.90 Å². The number of carbonyl (C=O) groups excluding carboxylic acids is 1. The molecule has 0 bridgehead atoms. The van der Waals surface area contributed by atoms with Crippen LogP contribution in [0.1, 0.15) is 32.1 Å². The average molecular weight is 225 g/mol. The third kappa shape index (κ3) is 4.65. The van der Waals surface area contributed by atoms with Crippen molar-refractivity contribution in [2.24, 2.45) is 0 Å². The van der Waals surface area contributed by atoms with Crippen molar-refractivity contribution < 1.29 is 14.6 Å². The molecule has 0 heterocycles. The van der Waals surface area contributed by atoms with Gasteiger partial charge in [0.25, 0.3) is 0 Å². The Balaban J connectivity index is 2.08. The van der Waals surface area contributed by atoms with Crippen LogP contribution in [0.3, 0.4) is 0 Å². The van der Waals surface area contributed by atoms with Crippen LogP contribution in [-0.4, -0.2) is 36.4 Å². The van der Waals surface area contributed by atoms with Gasteiger partial charge in [-0.2, -0.15) is 0 Å². The van der Waals surface area contributed by atoms with Crippen LogP contribution in [0.15, 0.2) is 0 Å². The Morgan fingerprint density at radius 3 is 2.81 bits per heavy atom. The van der Waals surface area contributed by atoms with Crippen LogP contribution in [0.5, 0.6) is 0 Å². The van der Waals surface area contributed by atoms with Gasteiger partial charge in [-0.1, -0.05) is 18.8 Å². The molecule has 0 aromatic carbocycles. The third-order valence-corrected chi connectivity index (χ3v) is 2.81. The molecular formula is C12H19NO3. The Hall–Kier alpha value is -1.05. The van der Waals surface area contributed by atoms with Crippen molar-refractivity contribution in [2.45, 2.75) is 37.7 Å². The van der Waals surface area contributed by atoms with E-state index in [0.717, 1.165) is 25.7 Å². The Morgan fingerprint density at radius 2 is 2.19 bits per heavy atom. The monoisotopic (exact) mass is 225 g/mol. The normalized spacial score (nSPS) is 18.0. The number of hydrogen-bond donors (Lipinski definition) is 2. The molecule has 0 atom stereocenters. The second kappa shape index (κ2) is 6.51. The van der Waals surface area contributed by atoms with Gasteiger partial charge in [0.1, 0.15) is 6.61 Å². The molecule has 1 aliphatic carbocycles. The fraction of sp³-hybridized carbons (Fsp3) is 0.750. The van der Waals surface area contributed by atoms with Crippen LogP contribution in [0.2, 0.25) is 0 Å². The zero-order chi connectivity index (χ0) is 11.9. The van der Waals surface area contributed by atoms with E-state index in [1.54, 1.807) is 0 Å². The van der Waals surface area contributed by atoms with Gasteiger partial charge in [0, 0.05) is 6.54 Å². The summed E-state index contributed by atoms with van der Waals surface area (Å²) in [4.78, 5) is 11.4. The first-order valence-corrected chi connectivity index (χ1v) is 5.67. The molecule has 0 spiro atoms. The lowest BCUT2D eigenvalue weighted by Gasteiger charge is -2.22. The van der Waals surface area contributed by atoms with Gasteiger partial charge in [-0.05, 0) is 12.8 Å². The van der Waals surface area contributed by atoms with Gasteiger partial charge in [0.2, 0.25) is 5.91 Å². The molecule has 1 saturated carbocycles. The predicted molar refractivity (Wildman–Crippen MR) is 60.7 cm³/mol. The number of carbonyl (C=O) groups is 1. The van der Waals surface area contributed by atoms with E-state index < -0.39 is 5.60 Å². The highest BCUT2D eigenvalue weighted by Crippen LogP contribution is 2.28. The minimum Gasteiger partial charge on any atom is -0.388 e. The first-order chi connectivity index (χ1) is 7.66. The zero-order valence-electron chi connectivity index (χ0n) is 9.50. The fourth-order valence-electron chi connectivity index (χ4n) is 1.86. The molecule has 0 aromatic rings. The lowest BCUT2D eigenvalue weighted by molar-refractivity contribution is -0.123. The van der Waals surface area contributed by atoms with Gasteiger partial charge in [-0.3, -0.25) is 4.79 Å². The summed E-state index contributed by atoms with van der Waals surface area (Å²) in [6.07, 6.45) is 8.92. The standard InChI is InChI=1S/C12H19NO3/c1-2-8-16-9-5-11(14)13-10-12(15)6-3-4-7-12/h1,15H,3-10H2,(H,13,14). The van der Waals surface area contributed by atoms with E-state index in [1.807, 2.05) is 0 Å². The summed E-state index contributed by atoms with van der Waals surface area (Å²) in [5, 5.41) is 12.7. The molecule has 2 N–H and O–H groups in total. The van der Waals surface area contributed by atoms with Crippen molar-refractivity contribution in [3.05, 3.63) is 0 Å². The molecule has 0 aromatic heterocycles. The maximum absolute atomic E-state index is 11.4. The molecule has 0 radical (unpaired) electrons. The molecule has 1 amide bonds. The number of terminal acetylenes is 1. The molecule has 1 rings (SSSR count). The second-order valence-electron chi connectivity index (χ2n) is 4.21. The zero-order valence-corrected chi connectivity index (χ0v) is 9.50. The molecule has 4 nitrogen and oxygen atoms in total. The molecule has 1 fully saturated rings. The molecule has 0 unspecified atom stereocenters. The van der Waals surface area contributed by atoms with Crippen LogP contribution in [-0.2, 0) is 9.53 Å². The van der Waals surface area contributed by atoms with Crippen LogP contribution in [0, 0.1) is 12.3 Å². The van der Waals surface area contributed by atoms with Crippen LogP contribution in [0.25, 0.3) is 0 Å². The predicted octanol–water partition coefficient (Wildman–Crippen LogP) is 0.448. The van der Waals surface area contributed by atoms with Crippen molar-refractivity contribution in [3.8, 4) is 12.3 Å². The van der Waals surface area contributed by atoms with Crippen molar-refractivity contribution in [2.75, 3.05) is 19.8 Å². The summed E-state index contributed by atoms with van der Waals surface area (Å²) < 4.78 is 4.99. The molecule has 0 saturated heterocycles. The lowest BCUT2D eigenvalue weighted by Crippen LogP contribution is -2.41. The molecule has 16 heavy (non-hydrogen) atoms. The van der Waals surface area contributed by atoms with E-state index in [2.05, 4.69) is 11.2 Å². The van der Waals surface area contributed by atoms with Gasteiger partial charge < -0.3 is 15.2 Å². The molecule has 0 aliphatic heterocycles. The Labute approximate surface area is 96.4 Å². The van der Waals surface area contributed by atoms with E-state index in [-0.39, 0.29) is 18.9 Å². The lowest BCUT2D eigenvalue weighted by atomic mass is 10.0. The number of hydrogen-bond acceptors (Lipinski definition) is 3. The van der Waals surface area contributed by atoms with Gasteiger partial charge >= 0.3 is 0 Å². The maximum Gasteiger partial charge on any atom is 0.222 e. The number of rotatable bonds is 6. The largest absolute Gasteiger partial charge is 0.388 e. The number of nitrogens with one attached hydrogen (secondary N) is 1. The van der Waals surface area contributed by atoms with Gasteiger partial charge in [-0.25, -0.2) is 0 Å². The quantitative estimate of drug-likeness (QED) is 0.509. The highest BCUT2D eigenvalue weighted by molar-refractivity contribution is 5.76. The minimum absolute atomic E-state index is 0.0997. The fourth-order valence-corrected chi connectivity index (χ4v) is 1.86. The number of aliphatic hydroxyl groups is 1. The Kier molecular flexibility index (Phi) is 5.30. The molecule has 90 valence electrons. The second-order valence-corrected chi connectivity index (χ2v) is 4.21. The number of ether oxygens (including phenoxy) is 1. The van der Waals surface area contributed by atoms with E-state index in [4.69, 9.17) is 11.2 Å². The highest BCUT2D eigenvalue weighted by atomic mass is 16.5. The molecule has 1 aliphatic rings. The van der Waals surface area contributed by atoms with Crippen LogP contribution >= 0.6 is 0 Å². The van der Waals surface area contributed by atoms with Crippen molar-refractivity contribution in [3.63, 3.8) is 0 Å². The summed E-state index contributed by atoms with van der Waals surface area (Å²) >= 11 is 0. The summed E-state index contributed by atoms with van der Waals surface area (Å²) in [7, 11) is 0. The summed E-state index contributed by atoms with van der Waals surface area (Å²) in [5.74, 6) is 2.23. The number of amides is 1. The van der Waals surface area contributed by atoms with Crippen molar-refractivity contribution in [1.29, 1.82) is 0 Å². The Bertz CT molecular complexity index is 264. The van der Waals surface area contributed by atoms with Crippen molar-refractivity contribution in [1.82, 2.24) is 5.32 Å². The van der Waals surface area contributed by atoms with E-state index >= 15 is 0 Å². The average Bonchev–Trinajstić information content (AvgIpc) is 2.70. The smallest absolute Gasteiger partial charge is 0.222 e. The first-order valence-electron chi connectivity index (χ1n) is 5.67. The Morgan fingerprint density at radius 1 is 1.50 bits per heavy atom. The minimum atomic E-state index is -0.685. The maximum atomic E-state index is 11.4. The SMILES string of the molecule is C#CCOCCC(=O)NCC1(O)CCCC1. The molecular weight excluding hydrogens is 206 g/mol. The van der Waals surface area contributed by atoms with Gasteiger partial charge in [0.15, 0.2) is 0 Å². The highest BCUT2D eigenvalue weighted by Gasteiger charge is 2.31. The topological polar surface area (TPSA) is 58.6 Å². The van der Waals surface area contributed by atoms with E-state index in [1.165, 1.54) is 0 Å². The van der Waals surface area contributed by atoms with Gasteiger partial charge in [0.05, 0.1) is 18.6 Å². The third-order valence-electron chi connectivity index (χ3n) is 2.81. The van der Waals surface area contributed by atoms with Crippen LogP contribution in [0.4, 0.5) is 0 Å². The summed E-state index contributed by atoms with van der Waals surface area (Å²) in [6, 6.07) is 0. The first kappa shape index (κ1) is 13.0. The van der Waals surface area contributed by atoms with E-state index in [0.29, 0.717) is 13.2 Å². The van der Waals surface area contributed by atoms with Crippen molar-refractivity contribution >= 4 is 5.91 Å². The molecule has 4 heteroatoms. The summed E-state index contributed by atoms with van der Waals surface area (Å²) in [5.41, 5.74) is -0.685.